The van der Waals surface area contributed by atoms with E-state index in [9.17, 15) is 37.6 Å². The van der Waals surface area contributed by atoms with Crippen molar-refractivity contribution in [3.8, 4) is 5.75 Å². The Morgan fingerprint density at radius 1 is 1.35 bits per heavy atom. The number of nitrogens with zero attached hydrogens (tertiary/aromatic N) is 4. The summed E-state index contributed by atoms with van der Waals surface area (Å²) in [6.07, 6.45) is -0.890. The molecule has 0 aliphatic carbocycles. The quantitative estimate of drug-likeness (QED) is 0.132. The van der Waals surface area contributed by atoms with Crippen LogP contribution in [0.5, 0.6) is 5.75 Å². The van der Waals surface area contributed by atoms with Gasteiger partial charge in [-0.2, -0.15) is 8.42 Å². The van der Waals surface area contributed by atoms with E-state index in [0.717, 1.165) is 6.07 Å². The van der Waals surface area contributed by atoms with E-state index >= 15 is 0 Å². The van der Waals surface area contributed by atoms with Gasteiger partial charge in [0.2, 0.25) is 17.5 Å². The van der Waals surface area contributed by atoms with Crippen LogP contribution in [0.15, 0.2) is 23.3 Å². The van der Waals surface area contributed by atoms with E-state index in [2.05, 4.69) is 15.3 Å². The van der Waals surface area contributed by atoms with Crippen molar-refractivity contribution in [3.63, 3.8) is 0 Å². The summed E-state index contributed by atoms with van der Waals surface area (Å²) in [5.74, 6) is -4.09. The number of likely N-dealkylation sites (tertiary alicyclic amines) is 1. The molecule has 1 aromatic rings. The maximum atomic E-state index is 12.4. The fourth-order valence-electron chi connectivity index (χ4n) is 3.50. The number of carbonyl (C=O) groups excluding carboxylic acids is 2. The number of hydrogen-bond donors (Lipinski definition) is 4. The molecule has 1 aromatic carbocycles. The molecule has 0 saturated carbocycles. The molecule has 0 bridgehead atoms. The van der Waals surface area contributed by atoms with E-state index in [1.807, 2.05) is 0 Å². The van der Waals surface area contributed by atoms with Gasteiger partial charge < -0.3 is 10.2 Å². The summed E-state index contributed by atoms with van der Waals surface area (Å²) in [6, 6.07) is 3.70. The summed E-state index contributed by atoms with van der Waals surface area (Å²) in [4.78, 5) is 40.1. The van der Waals surface area contributed by atoms with Crippen molar-refractivity contribution in [1.82, 2.24) is 10.2 Å². The molecule has 0 spiro atoms. The highest BCUT2D eigenvalue weighted by Gasteiger charge is 2.60. The molecule has 1 aliphatic heterocycles. The Morgan fingerprint density at radius 2 is 1.97 bits per heavy atom. The standard InChI is InChI=1S/C17H21N5O8S/c1-2-3-13(31(28,29)30)17(16(26)27,22-14(24)6-7-15(22)25)19-9-10-4-5-11(20-21-18)8-12(10)23/h4-5,8,13,19,23H,2-3,6-7,9H2,1H3,(H,26,27)(H,28,29,30). The molecule has 168 valence electrons. The second-order valence-corrected chi connectivity index (χ2v) is 8.44. The number of azide groups is 1. The van der Waals surface area contributed by atoms with Crippen molar-refractivity contribution >= 4 is 33.6 Å². The molecule has 1 fully saturated rings. The number of aromatic hydroxyl groups is 1. The van der Waals surface area contributed by atoms with Crippen LogP contribution in [0.3, 0.4) is 0 Å². The van der Waals surface area contributed by atoms with Crippen molar-refractivity contribution in [3.05, 3.63) is 34.2 Å². The molecular formula is C17H21N5O8S. The van der Waals surface area contributed by atoms with Crippen LogP contribution in [0.25, 0.3) is 10.4 Å². The number of carbonyl (C=O) groups is 3. The van der Waals surface area contributed by atoms with E-state index in [-0.39, 0.29) is 36.9 Å². The number of carboxylic acid groups (broad SMARTS) is 1. The zero-order valence-corrected chi connectivity index (χ0v) is 17.2. The molecule has 2 rings (SSSR count). The second-order valence-electron chi connectivity index (χ2n) is 6.84. The first-order valence-electron chi connectivity index (χ1n) is 9.16. The average Bonchev–Trinajstić information content (AvgIpc) is 3.01. The third kappa shape index (κ3) is 4.77. The van der Waals surface area contributed by atoms with Gasteiger partial charge in [0, 0.05) is 35.5 Å². The van der Waals surface area contributed by atoms with Gasteiger partial charge in [-0.25, -0.2) is 4.79 Å². The molecule has 1 saturated heterocycles. The topological polar surface area (TPSA) is 210 Å². The van der Waals surface area contributed by atoms with E-state index < -0.39 is 51.1 Å². The smallest absolute Gasteiger partial charge is 0.346 e. The fourth-order valence-corrected chi connectivity index (χ4v) is 4.75. The SMILES string of the molecule is CCCC(C(NCc1ccc(N=[N+]=[N-])cc1O)(C(=O)O)N1C(=O)CCC1=O)S(=O)(=O)O. The number of hydrogen-bond acceptors (Lipinski definition) is 8. The number of benzene rings is 1. The number of phenolic OH excluding ortho intramolecular Hbond substituents is 1. The summed E-state index contributed by atoms with van der Waals surface area (Å²) in [5, 5.41) is 23.8. The highest BCUT2D eigenvalue weighted by atomic mass is 32.2. The lowest BCUT2D eigenvalue weighted by atomic mass is 9.98. The Kier molecular flexibility index (Phi) is 7.23. The van der Waals surface area contributed by atoms with Crippen molar-refractivity contribution in [1.29, 1.82) is 0 Å². The largest absolute Gasteiger partial charge is 0.508 e. The molecule has 2 atom stereocenters. The molecule has 4 N–H and O–H groups in total. The summed E-state index contributed by atoms with van der Waals surface area (Å²) in [6.45, 7) is 1.04. The number of imide groups is 1. The van der Waals surface area contributed by atoms with Crippen LogP contribution in [0.2, 0.25) is 0 Å². The normalized spacial score (nSPS) is 17.2. The summed E-state index contributed by atoms with van der Waals surface area (Å²) < 4.78 is 34.1. The molecule has 1 aliphatic rings. The number of amides is 2. The van der Waals surface area contributed by atoms with E-state index in [4.69, 9.17) is 5.53 Å². The van der Waals surface area contributed by atoms with Crippen LogP contribution in [-0.2, 0) is 31.0 Å². The van der Waals surface area contributed by atoms with Gasteiger partial charge >= 0.3 is 5.97 Å². The summed E-state index contributed by atoms with van der Waals surface area (Å²) in [5.41, 5.74) is 5.78. The van der Waals surface area contributed by atoms with Crippen LogP contribution in [0, 0.1) is 0 Å². The highest BCUT2D eigenvalue weighted by Crippen LogP contribution is 2.33. The zero-order valence-electron chi connectivity index (χ0n) is 16.4. The lowest BCUT2D eigenvalue weighted by molar-refractivity contribution is -0.166. The van der Waals surface area contributed by atoms with E-state index in [1.54, 1.807) is 6.92 Å². The predicted octanol–water partition coefficient (Wildman–Crippen LogP) is 1.41. The van der Waals surface area contributed by atoms with Crippen molar-refractivity contribution < 1.29 is 37.6 Å². The summed E-state index contributed by atoms with van der Waals surface area (Å²) in [7, 11) is -5.05. The first kappa shape index (κ1) is 24.1. The minimum Gasteiger partial charge on any atom is -0.508 e. The highest BCUT2D eigenvalue weighted by molar-refractivity contribution is 7.86. The molecule has 0 radical (unpaired) electrons. The lowest BCUT2D eigenvalue weighted by Gasteiger charge is -2.41. The van der Waals surface area contributed by atoms with Crippen LogP contribution in [-0.4, -0.2) is 56.8 Å². The number of carboxylic acids is 1. The number of rotatable bonds is 10. The Bertz CT molecular complexity index is 1040. The Balaban J connectivity index is 2.61. The Hall–Kier alpha value is -3.19. The predicted molar refractivity (Wildman–Crippen MR) is 105 cm³/mol. The molecule has 2 amide bonds. The van der Waals surface area contributed by atoms with E-state index in [1.165, 1.54) is 12.1 Å². The third-order valence-electron chi connectivity index (χ3n) is 4.88. The van der Waals surface area contributed by atoms with Gasteiger partial charge in [-0.05, 0) is 18.0 Å². The molecule has 13 nitrogen and oxygen atoms in total. The second kappa shape index (κ2) is 9.31. The third-order valence-corrected chi connectivity index (χ3v) is 6.18. The van der Waals surface area contributed by atoms with Crippen molar-refractivity contribution in [2.24, 2.45) is 5.11 Å². The molecule has 14 heteroatoms. The first-order chi connectivity index (χ1) is 14.5. The fraction of sp³-hybridized carbons (Fsp3) is 0.471. The van der Waals surface area contributed by atoms with Crippen molar-refractivity contribution in [2.75, 3.05) is 0 Å². The van der Waals surface area contributed by atoms with Crippen LogP contribution in [0.4, 0.5) is 5.69 Å². The molecule has 1 heterocycles. The number of phenols is 1. The summed E-state index contributed by atoms with van der Waals surface area (Å²) >= 11 is 0. The van der Waals surface area contributed by atoms with Crippen molar-refractivity contribution in [2.45, 2.75) is 50.1 Å². The maximum absolute atomic E-state index is 12.4. The Labute approximate surface area is 177 Å². The van der Waals surface area contributed by atoms with Gasteiger partial charge in [0.15, 0.2) is 0 Å². The molecule has 31 heavy (non-hydrogen) atoms. The van der Waals surface area contributed by atoms with Gasteiger partial charge in [0.25, 0.3) is 10.1 Å². The van der Waals surface area contributed by atoms with Gasteiger partial charge in [-0.3, -0.25) is 24.4 Å². The zero-order chi connectivity index (χ0) is 23.4. The Morgan fingerprint density at radius 3 is 2.42 bits per heavy atom. The first-order valence-corrected chi connectivity index (χ1v) is 10.7. The number of aliphatic carboxylic acids is 1. The maximum Gasteiger partial charge on any atom is 0.346 e. The lowest BCUT2D eigenvalue weighted by Crippen LogP contribution is -2.72. The minimum absolute atomic E-state index is 0.0622. The van der Waals surface area contributed by atoms with Gasteiger partial charge in [-0.1, -0.05) is 30.6 Å². The van der Waals surface area contributed by atoms with Gasteiger partial charge in [0.1, 0.15) is 11.0 Å². The van der Waals surface area contributed by atoms with Crippen LogP contribution in [0.1, 0.15) is 38.2 Å². The average molecular weight is 455 g/mol. The monoisotopic (exact) mass is 455 g/mol. The van der Waals surface area contributed by atoms with E-state index in [0.29, 0.717) is 4.90 Å². The van der Waals surface area contributed by atoms with Gasteiger partial charge in [-0.15, -0.1) is 0 Å². The van der Waals surface area contributed by atoms with Gasteiger partial charge in [0.05, 0.1) is 0 Å². The number of nitrogens with one attached hydrogen (secondary N) is 1. The molecule has 2 unspecified atom stereocenters. The molecular weight excluding hydrogens is 434 g/mol. The molecule has 0 aromatic heterocycles. The van der Waals surface area contributed by atoms with Crippen LogP contribution >= 0.6 is 0 Å². The minimum atomic E-state index is -5.05. The van der Waals surface area contributed by atoms with Crippen LogP contribution < -0.4 is 5.32 Å².